The predicted molar refractivity (Wildman–Crippen MR) is 38.8 cm³/mol. The highest BCUT2D eigenvalue weighted by molar-refractivity contribution is 4.86. The van der Waals surface area contributed by atoms with Gasteiger partial charge >= 0.3 is 0 Å². The highest BCUT2D eigenvalue weighted by Crippen LogP contribution is 1.93. The van der Waals surface area contributed by atoms with Crippen LogP contribution in [0, 0.1) is 10.1 Å². The summed E-state index contributed by atoms with van der Waals surface area (Å²) in [4.78, 5) is 16.4. The normalized spacial score (nSPS) is 9.82. The second-order valence-electron chi connectivity index (χ2n) is 2.20. The molecule has 5 heteroatoms. The van der Waals surface area contributed by atoms with Gasteiger partial charge in [0.2, 0.25) is 6.54 Å². The highest BCUT2D eigenvalue weighted by Gasteiger charge is 1.98. The van der Waals surface area contributed by atoms with Gasteiger partial charge in [0.05, 0.1) is 0 Å². The topological polar surface area (TPSA) is 71.8 Å². The quantitative estimate of drug-likeness (QED) is 0.511. The Morgan fingerprint density at radius 2 is 2.55 bits per heavy atom. The van der Waals surface area contributed by atoms with Crippen LogP contribution >= 0.6 is 0 Å². The molecule has 0 unspecified atom stereocenters. The van der Waals surface area contributed by atoms with Gasteiger partial charge in [-0.3, -0.25) is 10.1 Å². The number of nitro groups is 1. The maximum absolute atomic E-state index is 9.90. The number of nitrogens with zero attached hydrogens (tertiary/aromatic N) is 2. The first-order valence-electron chi connectivity index (χ1n) is 3.39. The van der Waals surface area contributed by atoms with E-state index >= 15 is 0 Å². The summed E-state index contributed by atoms with van der Waals surface area (Å²) in [6.07, 6.45) is 4.54. The van der Waals surface area contributed by atoms with E-state index in [4.69, 9.17) is 0 Å². The fourth-order valence-electron chi connectivity index (χ4n) is 0.810. The molecule has 0 saturated carbocycles. The number of aromatic amines is 1. The maximum Gasteiger partial charge on any atom is 0.204 e. The zero-order valence-corrected chi connectivity index (χ0v) is 5.99. The lowest BCUT2D eigenvalue weighted by molar-refractivity contribution is -0.480. The van der Waals surface area contributed by atoms with Crippen LogP contribution in [0.2, 0.25) is 0 Å². The van der Waals surface area contributed by atoms with Crippen LogP contribution in [-0.4, -0.2) is 21.4 Å². The van der Waals surface area contributed by atoms with Gasteiger partial charge in [0.1, 0.15) is 5.82 Å². The van der Waals surface area contributed by atoms with E-state index in [1.165, 1.54) is 0 Å². The maximum atomic E-state index is 9.90. The molecule has 60 valence electrons. The Hall–Kier alpha value is -1.39. The predicted octanol–water partition coefficient (Wildman–Crippen LogP) is 0.619. The third kappa shape index (κ3) is 2.79. The fraction of sp³-hybridized carbons (Fsp3) is 0.500. The lowest BCUT2D eigenvalue weighted by Gasteiger charge is -1.91. The van der Waals surface area contributed by atoms with Crippen LogP contribution in [0.1, 0.15) is 12.2 Å². The summed E-state index contributed by atoms with van der Waals surface area (Å²) < 4.78 is 0. The van der Waals surface area contributed by atoms with Crippen LogP contribution in [-0.2, 0) is 6.42 Å². The summed E-state index contributed by atoms with van der Waals surface area (Å²) in [5, 5.41) is 9.90. The van der Waals surface area contributed by atoms with Gasteiger partial charge in [-0.05, 0) is 0 Å². The van der Waals surface area contributed by atoms with Crippen molar-refractivity contribution < 1.29 is 4.92 Å². The molecule has 0 fully saturated rings. The SMILES string of the molecule is O=[N+]([O-])CCCc1ncc[nH]1. The average Bonchev–Trinajstić information content (AvgIpc) is 2.39. The van der Waals surface area contributed by atoms with Gasteiger partial charge in [-0.25, -0.2) is 4.98 Å². The Balaban J connectivity index is 2.19. The van der Waals surface area contributed by atoms with Crippen LogP contribution in [0.5, 0.6) is 0 Å². The van der Waals surface area contributed by atoms with Crippen LogP contribution in [0.15, 0.2) is 12.4 Å². The molecule has 0 bridgehead atoms. The van der Waals surface area contributed by atoms with Crippen molar-refractivity contribution in [1.29, 1.82) is 0 Å². The molecule has 0 amide bonds. The first-order chi connectivity index (χ1) is 5.29. The van der Waals surface area contributed by atoms with Gasteiger partial charge in [-0.1, -0.05) is 0 Å². The summed E-state index contributed by atoms with van der Waals surface area (Å²) >= 11 is 0. The number of hydrogen-bond donors (Lipinski definition) is 1. The molecule has 0 aliphatic rings. The van der Waals surface area contributed by atoms with Gasteiger partial charge in [0.25, 0.3) is 0 Å². The summed E-state index contributed by atoms with van der Waals surface area (Å²) in [6, 6.07) is 0. The summed E-state index contributed by atoms with van der Waals surface area (Å²) in [6.45, 7) is 0.0146. The van der Waals surface area contributed by atoms with E-state index in [1.807, 2.05) is 0 Å². The zero-order chi connectivity index (χ0) is 8.10. The van der Waals surface area contributed by atoms with Gasteiger partial charge < -0.3 is 4.98 Å². The largest absolute Gasteiger partial charge is 0.349 e. The van der Waals surface area contributed by atoms with Crippen molar-refractivity contribution >= 4 is 0 Å². The molecule has 1 rings (SSSR count). The molecule has 0 aliphatic carbocycles. The van der Waals surface area contributed by atoms with E-state index in [1.54, 1.807) is 12.4 Å². The second-order valence-corrected chi connectivity index (χ2v) is 2.20. The molecule has 0 spiro atoms. The molecule has 1 aromatic rings. The first-order valence-corrected chi connectivity index (χ1v) is 3.39. The molecule has 1 N–H and O–H groups in total. The Bertz CT molecular complexity index is 220. The molecule has 1 aromatic heterocycles. The minimum Gasteiger partial charge on any atom is -0.349 e. The highest BCUT2D eigenvalue weighted by atomic mass is 16.6. The van der Waals surface area contributed by atoms with Crippen LogP contribution in [0.25, 0.3) is 0 Å². The summed E-state index contributed by atoms with van der Waals surface area (Å²) in [5.41, 5.74) is 0. The van der Waals surface area contributed by atoms with Crippen molar-refractivity contribution in [2.75, 3.05) is 6.54 Å². The third-order valence-corrected chi connectivity index (χ3v) is 1.31. The lowest BCUT2D eigenvalue weighted by atomic mass is 10.3. The number of imidazole rings is 1. The smallest absolute Gasteiger partial charge is 0.204 e. The van der Waals surface area contributed by atoms with E-state index in [-0.39, 0.29) is 11.5 Å². The van der Waals surface area contributed by atoms with Crippen molar-refractivity contribution in [2.24, 2.45) is 0 Å². The van der Waals surface area contributed by atoms with Gasteiger partial charge in [-0.15, -0.1) is 0 Å². The molecule has 0 saturated heterocycles. The summed E-state index contributed by atoms with van der Waals surface area (Å²) in [5.74, 6) is 0.812. The molecular weight excluding hydrogens is 146 g/mol. The molecule has 0 aromatic carbocycles. The van der Waals surface area contributed by atoms with E-state index in [0.717, 1.165) is 5.82 Å². The van der Waals surface area contributed by atoms with E-state index < -0.39 is 0 Å². The van der Waals surface area contributed by atoms with E-state index in [2.05, 4.69) is 9.97 Å². The molecule has 11 heavy (non-hydrogen) atoms. The van der Waals surface area contributed by atoms with Crippen molar-refractivity contribution in [2.45, 2.75) is 12.8 Å². The number of nitrogens with one attached hydrogen (secondary N) is 1. The first kappa shape index (κ1) is 7.71. The molecule has 0 atom stereocenters. The van der Waals surface area contributed by atoms with Gasteiger partial charge in [0, 0.05) is 30.2 Å². The molecule has 5 nitrogen and oxygen atoms in total. The van der Waals surface area contributed by atoms with E-state index in [9.17, 15) is 10.1 Å². The monoisotopic (exact) mass is 155 g/mol. The lowest BCUT2D eigenvalue weighted by Crippen LogP contribution is -2.02. The molecular formula is C6H9N3O2. The minimum absolute atomic E-state index is 0.0146. The summed E-state index contributed by atoms with van der Waals surface area (Å²) in [7, 11) is 0. The molecule has 1 heterocycles. The van der Waals surface area contributed by atoms with Crippen LogP contribution in [0.3, 0.4) is 0 Å². The Morgan fingerprint density at radius 1 is 1.73 bits per heavy atom. The van der Waals surface area contributed by atoms with Crippen LogP contribution in [0.4, 0.5) is 0 Å². The number of H-pyrrole nitrogens is 1. The van der Waals surface area contributed by atoms with Crippen molar-refractivity contribution in [1.82, 2.24) is 9.97 Å². The Kier molecular flexibility index (Phi) is 2.59. The van der Waals surface area contributed by atoms with Crippen molar-refractivity contribution in [3.05, 3.63) is 28.3 Å². The zero-order valence-electron chi connectivity index (χ0n) is 5.99. The Morgan fingerprint density at radius 3 is 3.09 bits per heavy atom. The minimum atomic E-state index is -0.317. The second kappa shape index (κ2) is 3.70. The number of aryl methyl sites for hydroxylation is 1. The average molecular weight is 155 g/mol. The van der Waals surface area contributed by atoms with Crippen molar-refractivity contribution in [3.63, 3.8) is 0 Å². The third-order valence-electron chi connectivity index (χ3n) is 1.31. The Labute approximate surface area is 63.6 Å². The van der Waals surface area contributed by atoms with Gasteiger partial charge in [0.15, 0.2) is 0 Å². The standard InChI is InChI=1S/C6H9N3O2/c10-9(11)5-1-2-6-7-3-4-8-6/h3-4H,1-2,5H2,(H,7,8). The molecule has 0 radical (unpaired) electrons. The number of aromatic nitrogens is 2. The number of rotatable bonds is 4. The fourth-order valence-corrected chi connectivity index (χ4v) is 0.810. The number of hydrogen-bond acceptors (Lipinski definition) is 3. The van der Waals surface area contributed by atoms with E-state index in [0.29, 0.717) is 12.8 Å². The molecule has 0 aliphatic heterocycles. The van der Waals surface area contributed by atoms with Gasteiger partial charge in [-0.2, -0.15) is 0 Å². The van der Waals surface area contributed by atoms with Crippen molar-refractivity contribution in [3.8, 4) is 0 Å². The van der Waals surface area contributed by atoms with Crippen LogP contribution < -0.4 is 0 Å².